The highest BCUT2D eigenvalue weighted by Gasteiger charge is 2.29. The van der Waals surface area contributed by atoms with Gasteiger partial charge in [-0.3, -0.25) is 0 Å². The number of hydrogen-bond donors (Lipinski definition) is 1. The summed E-state index contributed by atoms with van der Waals surface area (Å²) in [5.74, 6) is 0.620. The van der Waals surface area contributed by atoms with Gasteiger partial charge in [-0.1, -0.05) is 35.9 Å². The first-order valence-corrected chi connectivity index (χ1v) is 7.90. The van der Waals surface area contributed by atoms with Gasteiger partial charge in [-0.2, -0.15) is 13.2 Å². The Bertz CT molecular complexity index is 870. The molecule has 0 unspecified atom stereocenters. The quantitative estimate of drug-likeness (QED) is 0.673. The van der Waals surface area contributed by atoms with E-state index in [4.69, 9.17) is 11.6 Å². The van der Waals surface area contributed by atoms with Crippen LogP contribution in [-0.2, 0) is 19.8 Å². The van der Waals surface area contributed by atoms with Crippen molar-refractivity contribution in [3.63, 3.8) is 0 Å². The minimum absolute atomic E-state index is 0.373. The SMILES string of the molecule is Cn1c(-c2cccc(Cl)c2)cnc1NCc1ccc(C(F)(F)F)cc1. The molecule has 0 aliphatic heterocycles. The van der Waals surface area contributed by atoms with Gasteiger partial charge in [0.05, 0.1) is 17.5 Å². The Hall–Kier alpha value is -2.47. The number of rotatable bonds is 4. The molecular formula is C18H15ClF3N3. The van der Waals surface area contributed by atoms with Gasteiger partial charge in [-0.25, -0.2) is 4.98 Å². The van der Waals surface area contributed by atoms with E-state index in [1.807, 2.05) is 29.8 Å². The van der Waals surface area contributed by atoms with Gasteiger partial charge in [-0.15, -0.1) is 0 Å². The normalized spacial score (nSPS) is 11.6. The fourth-order valence-electron chi connectivity index (χ4n) is 2.48. The molecule has 0 atom stereocenters. The van der Waals surface area contributed by atoms with Gasteiger partial charge in [0, 0.05) is 24.2 Å². The van der Waals surface area contributed by atoms with Crippen LogP contribution in [0.5, 0.6) is 0 Å². The van der Waals surface area contributed by atoms with Crippen LogP contribution in [0.15, 0.2) is 54.7 Å². The van der Waals surface area contributed by atoms with Gasteiger partial charge in [-0.05, 0) is 29.8 Å². The molecule has 3 rings (SSSR count). The third-order valence-electron chi connectivity index (χ3n) is 3.84. The van der Waals surface area contributed by atoms with Crippen LogP contribution < -0.4 is 5.32 Å². The lowest BCUT2D eigenvalue weighted by atomic mass is 10.1. The summed E-state index contributed by atoms with van der Waals surface area (Å²) in [5, 5.41) is 3.77. The Labute approximate surface area is 148 Å². The summed E-state index contributed by atoms with van der Waals surface area (Å²) in [6, 6.07) is 12.5. The van der Waals surface area contributed by atoms with Crippen molar-refractivity contribution in [2.75, 3.05) is 5.32 Å². The van der Waals surface area contributed by atoms with Crippen molar-refractivity contribution in [3.05, 3.63) is 70.9 Å². The first-order valence-electron chi connectivity index (χ1n) is 7.52. The predicted molar refractivity (Wildman–Crippen MR) is 92.4 cm³/mol. The van der Waals surface area contributed by atoms with Crippen molar-refractivity contribution in [1.82, 2.24) is 9.55 Å². The van der Waals surface area contributed by atoms with Crippen LogP contribution in [0, 0.1) is 0 Å². The second kappa shape index (κ2) is 6.80. The maximum atomic E-state index is 12.6. The number of aromatic nitrogens is 2. The average molecular weight is 366 g/mol. The van der Waals surface area contributed by atoms with Crippen LogP contribution in [0.2, 0.25) is 5.02 Å². The summed E-state index contributed by atoms with van der Waals surface area (Å²) in [6.07, 6.45) is -2.60. The molecule has 0 radical (unpaired) electrons. The molecule has 2 aromatic carbocycles. The number of anilines is 1. The van der Waals surface area contributed by atoms with Gasteiger partial charge in [0.1, 0.15) is 0 Å². The standard InChI is InChI=1S/C18H15ClF3N3/c1-25-16(13-3-2-4-15(19)9-13)11-24-17(25)23-10-12-5-7-14(8-6-12)18(20,21)22/h2-9,11H,10H2,1H3,(H,23,24). The summed E-state index contributed by atoms with van der Waals surface area (Å²) in [5.41, 5.74) is 1.90. The van der Waals surface area contributed by atoms with Crippen LogP contribution in [0.1, 0.15) is 11.1 Å². The van der Waals surface area contributed by atoms with Gasteiger partial charge in [0.2, 0.25) is 5.95 Å². The van der Waals surface area contributed by atoms with Crippen LogP contribution >= 0.6 is 11.6 Å². The lowest BCUT2D eigenvalue weighted by molar-refractivity contribution is -0.137. The van der Waals surface area contributed by atoms with Crippen molar-refractivity contribution in [2.45, 2.75) is 12.7 Å². The Morgan fingerprint density at radius 3 is 2.48 bits per heavy atom. The second-order valence-corrected chi connectivity index (χ2v) is 6.02. The minimum atomic E-state index is -4.32. The van der Waals surface area contributed by atoms with Crippen molar-refractivity contribution in [1.29, 1.82) is 0 Å². The topological polar surface area (TPSA) is 29.9 Å². The van der Waals surface area contributed by atoms with E-state index in [2.05, 4.69) is 10.3 Å². The lowest BCUT2D eigenvalue weighted by Crippen LogP contribution is -2.07. The Kier molecular flexibility index (Phi) is 4.72. The minimum Gasteiger partial charge on any atom is -0.352 e. The highest BCUT2D eigenvalue weighted by Crippen LogP contribution is 2.29. The van der Waals surface area contributed by atoms with Crippen LogP contribution in [-0.4, -0.2) is 9.55 Å². The number of nitrogens with one attached hydrogen (secondary N) is 1. The molecule has 0 spiro atoms. The Balaban J connectivity index is 1.72. The third-order valence-corrected chi connectivity index (χ3v) is 4.08. The van der Waals surface area contributed by atoms with Crippen molar-refractivity contribution >= 4 is 17.5 Å². The van der Waals surface area contributed by atoms with E-state index >= 15 is 0 Å². The molecule has 0 aliphatic rings. The number of imidazole rings is 1. The van der Waals surface area contributed by atoms with Crippen LogP contribution in [0.3, 0.4) is 0 Å². The summed E-state index contributed by atoms with van der Waals surface area (Å²) < 4.78 is 39.6. The third kappa shape index (κ3) is 3.96. The molecule has 3 nitrogen and oxygen atoms in total. The van der Waals surface area contributed by atoms with E-state index in [9.17, 15) is 13.2 Å². The summed E-state index contributed by atoms with van der Waals surface area (Å²) in [6.45, 7) is 0.373. The van der Waals surface area contributed by atoms with Crippen molar-refractivity contribution in [3.8, 4) is 11.3 Å². The van der Waals surface area contributed by atoms with E-state index in [1.54, 1.807) is 12.3 Å². The average Bonchev–Trinajstić information content (AvgIpc) is 2.93. The number of halogens is 4. The van der Waals surface area contributed by atoms with E-state index < -0.39 is 11.7 Å². The molecule has 0 bridgehead atoms. The van der Waals surface area contributed by atoms with E-state index in [0.29, 0.717) is 17.5 Å². The molecule has 0 amide bonds. The zero-order chi connectivity index (χ0) is 18.0. The number of nitrogens with zero attached hydrogens (tertiary/aromatic N) is 2. The van der Waals surface area contributed by atoms with E-state index in [-0.39, 0.29) is 0 Å². The maximum Gasteiger partial charge on any atom is 0.416 e. The molecule has 7 heteroatoms. The summed E-state index contributed by atoms with van der Waals surface area (Å²) in [7, 11) is 1.86. The molecule has 130 valence electrons. The maximum absolute atomic E-state index is 12.6. The van der Waals surface area contributed by atoms with Crippen molar-refractivity contribution < 1.29 is 13.2 Å². The number of alkyl halides is 3. The van der Waals surface area contributed by atoms with Crippen LogP contribution in [0.25, 0.3) is 11.3 Å². The zero-order valence-corrected chi connectivity index (χ0v) is 14.1. The largest absolute Gasteiger partial charge is 0.416 e. The van der Waals surface area contributed by atoms with Gasteiger partial charge < -0.3 is 9.88 Å². The molecule has 0 saturated carbocycles. The smallest absolute Gasteiger partial charge is 0.352 e. The van der Waals surface area contributed by atoms with Gasteiger partial charge in [0.25, 0.3) is 0 Å². The Morgan fingerprint density at radius 1 is 1.12 bits per heavy atom. The van der Waals surface area contributed by atoms with Crippen molar-refractivity contribution in [2.24, 2.45) is 7.05 Å². The molecule has 1 aromatic heterocycles. The molecule has 3 aromatic rings. The molecule has 0 aliphatic carbocycles. The molecule has 1 heterocycles. The Morgan fingerprint density at radius 2 is 1.84 bits per heavy atom. The summed E-state index contributed by atoms with van der Waals surface area (Å²) in [4.78, 5) is 4.32. The van der Waals surface area contributed by atoms with Crippen LogP contribution in [0.4, 0.5) is 19.1 Å². The predicted octanol–water partition coefficient (Wildman–Crippen LogP) is 5.37. The zero-order valence-electron chi connectivity index (χ0n) is 13.3. The molecule has 0 saturated heterocycles. The highest BCUT2D eigenvalue weighted by atomic mass is 35.5. The monoisotopic (exact) mass is 365 g/mol. The van der Waals surface area contributed by atoms with E-state index in [1.165, 1.54) is 12.1 Å². The summed E-state index contributed by atoms with van der Waals surface area (Å²) >= 11 is 6.01. The fraction of sp³-hybridized carbons (Fsp3) is 0.167. The molecule has 1 N–H and O–H groups in total. The van der Waals surface area contributed by atoms with Gasteiger partial charge in [0.15, 0.2) is 0 Å². The van der Waals surface area contributed by atoms with E-state index in [0.717, 1.165) is 29.0 Å². The molecular weight excluding hydrogens is 351 g/mol. The van der Waals surface area contributed by atoms with Gasteiger partial charge >= 0.3 is 6.18 Å². The molecule has 0 fully saturated rings. The first-order chi connectivity index (χ1) is 11.8. The number of hydrogen-bond acceptors (Lipinski definition) is 2. The second-order valence-electron chi connectivity index (χ2n) is 5.58. The highest BCUT2D eigenvalue weighted by molar-refractivity contribution is 6.30. The first kappa shape index (κ1) is 17.4. The molecule has 25 heavy (non-hydrogen) atoms. The number of benzene rings is 2. The lowest BCUT2D eigenvalue weighted by Gasteiger charge is -2.10. The fourth-order valence-corrected chi connectivity index (χ4v) is 2.67.